The third kappa shape index (κ3) is 2.73. The van der Waals surface area contributed by atoms with Gasteiger partial charge in [0, 0.05) is 18.2 Å². The Morgan fingerprint density at radius 3 is 2.79 bits per heavy atom. The fourth-order valence-electron chi connectivity index (χ4n) is 1.38. The van der Waals surface area contributed by atoms with Crippen molar-refractivity contribution in [3.63, 3.8) is 0 Å². The van der Waals surface area contributed by atoms with Crippen LogP contribution in [0.1, 0.15) is 16.2 Å². The Labute approximate surface area is 106 Å². The van der Waals surface area contributed by atoms with Crippen molar-refractivity contribution in [3.8, 4) is 0 Å². The van der Waals surface area contributed by atoms with Crippen molar-refractivity contribution in [3.05, 3.63) is 51.7 Å². The van der Waals surface area contributed by atoms with Gasteiger partial charge in [-0.1, -0.05) is 5.16 Å². The molecule has 0 atom stereocenters. The number of benzene rings is 1. The van der Waals surface area contributed by atoms with E-state index in [2.05, 4.69) is 10.5 Å². The fraction of sp³-hybridized carbons (Fsp3) is 0.0909. The van der Waals surface area contributed by atoms with E-state index >= 15 is 0 Å². The second-order valence-corrected chi connectivity index (χ2v) is 3.71. The molecule has 2 aromatic rings. The van der Waals surface area contributed by atoms with Crippen LogP contribution in [0, 0.1) is 22.9 Å². The van der Waals surface area contributed by atoms with Gasteiger partial charge in [-0.2, -0.15) is 0 Å². The Bertz CT molecular complexity index is 653. The van der Waals surface area contributed by atoms with Crippen LogP contribution in [0.3, 0.4) is 0 Å². The maximum atomic E-state index is 13.4. The normalized spacial score (nSPS) is 10.2. The zero-order valence-corrected chi connectivity index (χ0v) is 9.71. The van der Waals surface area contributed by atoms with E-state index in [9.17, 15) is 19.3 Å². The molecule has 0 unspecified atom stereocenters. The predicted octanol–water partition coefficient (Wildman–Crippen LogP) is 2.28. The lowest BCUT2D eigenvalue weighted by Crippen LogP contribution is -2.12. The number of hydrogen-bond donors (Lipinski definition) is 1. The first-order valence-electron chi connectivity index (χ1n) is 5.16. The predicted molar refractivity (Wildman–Crippen MR) is 62.2 cm³/mol. The minimum Gasteiger partial charge on any atom is -0.351 e. The van der Waals surface area contributed by atoms with Crippen molar-refractivity contribution in [2.24, 2.45) is 0 Å². The molecule has 0 spiro atoms. The molecule has 0 aliphatic rings. The minimum absolute atomic E-state index is 0.108. The number of nitrogens with one attached hydrogen (secondary N) is 1. The van der Waals surface area contributed by atoms with Crippen LogP contribution in [0.5, 0.6) is 0 Å². The molecule has 0 aliphatic carbocycles. The molecular formula is C11H8FN3O4. The van der Waals surface area contributed by atoms with Gasteiger partial charge in [0.05, 0.1) is 16.3 Å². The molecule has 98 valence electrons. The Hall–Kier alpha value is -2.77. The van der Waals surface area contributed by atoms with E-state index < -0.39 is 16.6 Å². The van der Waals surface area contributed by atoms with Gasteiger partial charge in [0.2, 0.25) is 5.76 Å². The number of nitrogens with zero attached hydrogens (tertiary/aromatic N) is 2. The zero-order valence-electron chi connectivity index (χ0n) is 9.71. The quantitative estimate of drug-likeness (QED) is 0.678. The molecule has 0 bridgehead atoms. The fourth-order valence-corrected chi connectivity index (χ4v) is 1.38. The van der Waals surface area contributed by atoms with Crippen molar-refractivity contribution >= 4 is 17.3 Å². The number of non-ortho nitro benzene ring substituents is 1. The summed E-state index contributed by atoms with van der Waals surface area (Å²) in [6.07, 6.45) is 0. The number of halogens is 1. The van der Waals surface area contributed by atoms with E-state index in [1.54, 1.807) is 6.92 Å². The standard InChI is InChI=1S/C11H8FN3O4/c1-6-4-10(19-14-6)11(16)13-9-5-7(15(17)18)2-3-8(9)12/h2-5H,1H3,(H,13,16). The molecule has 2 rings (SSSR count). The van der Waals surface area contributed by atoms with Crippen LogP contribution >= 0.6 is 0 Å². The highest BCUT2D eigenvalue weighted by atomic mass is 19.1. The maximum absolute atomic E-state index is 13.4. The molecule has 7 nitrogen and oxygen atoms in total. The van der Waals surface area contributed by atoms with Gasteiger partial charge in [0.1, 0.15) is 5.82 Å². The van der Waals surface area contributed by atoms with E-state index in [0.29, 0.717) is 5.69 Å². The van der Waals surface area contributed by atoms with Crippen LogP contribution in [0.15, 0.2) is 28.8 Å². The van der Waals surface area contributed by atoms with Gasteiger partial charge in [0.15, 0.2) is 0 Å². The van der Waals surface area contributed by atoms with Crippen LogP contribution in [-0.2, 0) is 0 Å². The first-order chi connectivity index (χ1) is 8.97. The van der Waals surface area contributed by atoms with E-state index in [4.69, 9.17) is 4.52 Å². The Balaban J connectivity index is 2.25. The summed E-state index contributed by atoms with van der Waals surface area (Å²) in [6.45, 7) is 1.62. The third-order valence-corrected chi connectivity index (χ3v) is 2.26. The summed E-state index contributed by atoms with van der Waals surface area (Å²) in [5, 5.41) is 16.3. The van der Waals surface area contributed by atoms with Crippen LogP contribution in [-0.4, -0.2) is 16.0 Å². The van der Waals surface area contributed by atoms with Crippen LogP contribution in [0.2, 0.25) is 0 Å². The number of amides is 1. The molecule has 0 aliphatic heterocycles. The molecule has 0 saturated carbocycles. The van der Waals surface area contributed by atoms with Gasteiger partial charge in [-0.05, 0) is 13.0 Å². The van der Waals surface area contributed by atoms with E-state index in [1.165, 1.54) is 6.07 Å². The smallest absolute Gasteiger partial charge is 0.294 e. The van der Waals surface area contributed by atoms with Gasteiger partial charge in [-0.25, -0.2) is 4.39 Å². The molecule has 1 N–H and O–H groups in total. The summed E-state index contributed by atoms with van der Waals surface area (Å²) in [7, 11) is 0. The summed E-state index contributed by atoms with van der Waals surface area (Å²) in [4.78, 5) is 21.6. The molecule has 1 aromatic carbocycles. The number of carbonyl (C=O) groups excluding carboxylic acids is 1. The van der Waals surface area contributed by atoms with Gasteiger partial charge in [0.25, 0.3) is 11.6 Å². The number of nitro groups is 1. The topological polar surface area (TPSA) is 98.3 Å². The van der Waals surface area contributed by atoms with Gasteiger partial charge in [-0.15, -0.1) is 0 Å². The summed E-state index contributed by atoms with van der Waals surface area (Å²) < 4.78 is 18.1. The van der Waals surface area contributed by atoms with E-state index in [-0.39, 0.29) is 17.1 Å². The summed E-state index contributed by atoms with van der Waals surface area (Å²) in [6, 6.07) is 4.20. The highest BCUT2D eigenvalue weighted by molar-refractivity contribution is 6.02. The number of aryl methyl sites for hydroxylation is 1. The first kappa shape index (κ1) is 12.7. The van der Waals surface area contributed by atoms with Crippen molar-refractivity contribution in [1.29, 1.82) is 0 Å². The molecule has 8 heteroatoms. The minimum atomic E-state index is -0.782. The number of hydrogen-bond acceptors (Lipinski definition) is 5. The average Bonchev–Trinajstić information content (AvgIpc) is 2.78. The Kier molecular flexibility index (Phi) is 3.23. The van der Waals surface area contributed by atoms with Crippen LogP contribution in [0.4, 0.5) is 15.8 Å². The molecular weight excluding hydrogens is 257 g/mol. The third-order valence-electron chi connectivity index (χ3n) is 2.26. The number of anilines is 1. The number of rotatable bonds is 3. The van der Waals surface area contributed by atoms with Crippen molar-refractivity contribution in [2.45, 2.75) is 6.92 Å². The molecule has 0 fully saturated rings. The molecule has 1 amide bonds. The number of carbonyl (C=O) groups is 1. The molecule has 0 radical (unpaired) electrons. The molecule has 1 heterocycles. The summed E-state index contributed by atoms with van der Waals surface area (Å²) >= 11 is 0. The number of nitro benzene ring substituents is 1. The van der Waals surface area contributed by atoms with Gasteiger partial charge < -0.3 is 9.84 Å². The largest absolute Gasteiger partial charge is 0.351 e. The van der Waals surface area contributed by atoms with Crippen LogP contribution < -0.4 is 5.32 Å². The maximum Gasteiger partial charge on any atom is 0.294 e. The average molecular weight is 265 g/mol. The second kappa shape index (κ2) is 4.84. The molecule has 0 saturated heterocycles. The molecule has 19 heavy (non-hydrogen) atoms. The Morgan fingerprint density at radius 1 is 1.47 bits per heavy atom. The summed E-state index contributed by atoms with van der Waals surface area (Å²) in [5.74, 6) is -1.63. The summed E-state index contributed by atoms with van der Waals surface area (Å²) in [5.41, 5.74) is -0.136. The first-order valence-corrected chi connectivity index (χ1v) is 5.16. The van der Waals surface area contributed by atoms with Crippen molar-refractivity contribution in [1.82, 2.24) is 5.16 Å². The molecule has 1 aromatic heterocycles. The van der Waals surface area contributed by atoms with Gasteiger partial charge in [-0.3, -0.25) is 14.9 Å². The lowest BCUT2D eigenvalue weighted by atomic mass is 10.2. The van der Waals surface area contributed by atoms with E-state index in [0.717, 1.165) is 18.2 Å². The number of aromatic nitrogens is 1. The van der Waals surface area contributed by atoms with Crippen LogP contribution in [0.25, 0.3) is 0 Å². The SMILES string of the molecule is Cc1cc(C(=O)Nc2cc([N+](=O)[O-])ccc2F)on1. The van der Waals surface area contributed by atoms with Crippen molar-refractivity contribution < 1.29 is 18.6 Å². The van der Waals surface area contributed by atoms with E-state index in [1.807, 2.05) is 0 Å². The van der Waals surface area contributed by atoms with Crippen molar-refractivity contribution in [2.75, 3.05) is 5.32 Å². The van der Waals surface area contributed by atoms with Gasteiger partial charge >= 0.3 is 0 Å². The zero-order chi connectivity index (χ0) is 14.0. The monoisotopic (exact) mass is 265 g/mol. The Morgan fingerprint density at radius 2 is 2.21 bits per heavy atom. The lowest BCUT2D eigenvalue weighted by molar-refractivity contribution is -0.384. The highest BCUT2D eigenvalue weighted by Crippen LogP contribution is 2.21. The second-order valence-electron chi connectivity index (χ2n) is 3.71. The highest BCUT2D eigenvalue weighted by Gasteiger charge is 2.16. The lowest BCUT2D eigenvalue weighted by Gasteiger charge is -2.03.